The molecule has 0 bridgehead atoms. The van der Waals surface area contributed by atoms with E-state index in [1.807, 2.05) is 25.1 Å². The average Bonchev–Trinajstić information content (AvgIpc) is 2.72. The van der Waals surface area contributed by atoms with Gasteiger partial charge >= 0.3 is 0 Å². The Labute approximate surface area is 179 Å². The Hall–Kier alpha value is -3.58. The zero-order valence-electron chi connectivity index (χ0n) is 17.2. The SMILES string of the molecule is Cc1cccc(NC(=O)c2ccccc2NC(=O)CN[C@H](C)c2ccc(F)cc2F)c1. The Kier molecular flexibility index (Phi) is 7.10. The third-order valence-corrected chi connectivity index (χ3v) is 4.72. The van der Waals surface area contributed by atoms with Gasteiger partial charge in [-0.25, -0.2) is 8.78 Å². The van der Waals surface area contributed by atoms with Crippen molar-refractivity contribution in [3.05, 3.63) is 95.1 Å². The summed E-state index contributed by atoms with van der Waals surface area (Å²) in [6.45, 7) is 3.48. The van der Waals surface area contributed by atoms with Crippen molar-refractivity contribution in [2.75, 3.05) is 17.2 Å². The van der Waals surface area contributed by atoms with E-state index in [1.165, 1.54) is 12.1 Å². The minimum Gasteiger partial charge on any atom is -0.324 e. The number of amides is 2. The summed E-state index contributed by atoms with van der Waals surface area (Å²) >= 11 is 0. The van der Waals surface area contributed by atoms with Crippen molar-refractivity contribution in [3.63, 3.8) is 0 Å². The molecule has 3 rings (SSSR count). The topological polar surface area (TPSA) is 70.2 Å². The van der Waals surface area contributed by atoms with Crippen LogP contribution in [-0.4, -0.2) is 18.4 Å². The molecule has 0 aliphatic rings. The van der Waals surface area contributed by atoms with E-state index in [-0.39, 0.29) is 18.0 Å². The minimum absolute atomic E-state index is 0.119. The lowest BCUT2D eigenvalue weighted by Gasteiger charge is -2.16. The highest BCUT2D eigenvalue weighted by Crippen LogP contribution is 2.19. The first-order valence-corrected chi connectivity index (χ1v) is 9.78. The summed E-state index contributed by atoms with van der Waals surface area (Å²) in [5, 5.41) is 8.42. The summed E-state index contributed by atoms with van der Waals surface area (Å²) in [6, 6.07) is 16.9. The van der Waals surface area contributed by atoms with Gasteiger partial charge in [0.05, 0.1) is 17.8 Å². The van der Waals surface area contributed by atoms with E-state index in [4.69, 9.17) is 0 Å². The van der Waals surface area contributed by atoms with Crippen molar-refractivity contribution in [2.24, 2.45) is 0 Å². The number of aryl methyl sites for hydroxylation is 1. The fourth-order valence-electron chi connectivity index (χ4n) is 3.11. The molecule has 0 saturated carbocycles. The molecule has 0 heterocycles. The lowest BCUT2D eigenvalue weighted by atomic mass is 10.1. The normalized spacial score (nSPS) is 11.6. The number of benzene rings is 3. The number of anilines is 2. The van der Waals surface area contributed by atoms with Crippen LogP contribution in [0.4, 0.5) is 20.2 Å². The van der Waals surface area contributed by atoms with Crippen LogP contribution in [0.1, 0.15) is 34.5 Å². The molecule has 0 aromatic heterocycles. The van der Waals surface area contributed by atoms with Crippen molar-refractivity contribution < 1.29 is 18.4 Å². The first-order chi connectivity index (χ1) is 14.8. The molecule has 1 atom stereocenters. The zero-order chi connectivity index (χ0) is 22.4. The quantitative estimate of drug-likeness (QED) is 0.511. The number of para-hydroxylation sites is 1. The van der Waals surface area contributed by atoms with E-state index in [0.717, 1.165) is 11.6 Å². The lowest BCUT2D eigenvalue weighted by molar-refractivity contribution is -0.115. The monoisotopic (exact) mass is 423 g/mol. The molecule has 3 N–H and O–H groups in total. The lowest BCUT2D eigenvalue weighted by Crippen LogP contribution is -2.31. The van der Waals surface area contributed by atoms with Crippen LogP contribution in [0, 0.1) is 18.6 Å². The Balaban J connectivity index is 1.63. The maximum absolute atomic E-state index is 13.9. The summed E-state index contributed by atoms with van der Waals surface area (Å²) in [7, 11) is 0. The highest BCUT2D eigenvalue weighted by molar-refractivity contribution is 6.10. The van der Waals surface area contributed by atoms with Crippen molar-refractivity contribution in [1.29, 1.82) is 0 Å². The zero-order valence-corrected chi connectivity index (χ0v) is 17.2. The van der Waals surface area contributed by atoms with Crippen LogP contribution in [0.5, 0.6) is 0 Å². The number of carbonyl (C=O) groups excluding carboxylic acids is 2. The van der Waals surface area contributed by atoms with Gasteiger partial charge in [0, 0.05) is 23.4 Å². The largest absolute Gasteiger partial charge is 0.324 e. The van der Waals surface area contributed by atoms with E-state index in [2.05, 4.69) is 16.0 Å². The number of hydrogen-bond acceptors (Lipinski definition) is 3. The number of carbonyl (C=O) groups is 2. The van der Waals surface area contributed by atoms with Crippen molar-refractivity contribution >= 4 is 23.2 Å². The van der Waals surface area contributed by atoms with Crippen molar-refractivity contribution in [2.45, 2.75) is 19.9 Å². The second-order valence-electron chi connectivity index (χ2n) is 7.19. The molecule has 0 fully saturated rings. The predicted molar refractivity (Wildman–Crippen MR) is 117 cm³/mol. The van der Waals surface area contributed by atoms with Crippen LogP contribution in [0.25, 0.3) is 0 Å². The molecule has 0 saturated heterocycles. The average molecular weight is 423 g/mol. The van der Waals surface area contributed by atoms with Crippen molar-refractivity contribution in [3.8, 4) is 0 Å². The molecule has 3 aromatic rings. The van der Waals surface area contributed by atoms with Gasteiger partial charge in [0.1, 0.15) is 11.6 Å². The van der Waals surface area contributed by atoms with E-state index in [0.29, 0.717) is 16.9 Å². The molecule has 7 heteroatoms. The molecule has 0 spiro atoms. The third-order valence-electron chi connectivity index (χ3n) is 4.72. The van der Waals surface area contributed by atoms with Gasteiger partial charge in [0.15, 0.2) is 0 Å². The van der Waals surface area contributed by atoms with Gasteiger partial charge in [0.25, 0.3) is 5.91 Å². The van der Waals surface area contributed by atoms with E-state index >= 15 is 0 Å². The smallest absolute Gasteiger partial charge is 0.257 e. The molecular formula is C24H23F2N3O2. The molecule has 0 aliphatic heterocycles. The van der Waals surface area contributed by atoms with Gasteiger partial charge in [-0.15, -0.1) is 0 Å². The Bertz CT molecular complexity index is 1100. The van der Waals surface area contributed by atoms with Gasteiger partial charge in [-0.2, -0.15) is 0 Å². The summed E-state index contributed by atoms with van der Waals surface area (Å²) in [6.07, 6.45) is 0. The minimum atomic E-state index is -0.682. The summed E-state index contributed by atoms with van der Waals surface area (Å²) in [5.41, 5.74) is 2.60. The molecule has 31 heavy (non-hydrogen) atoms. The maximum atomic E-state index is 13.9. The van der Waals surface area contributed by atoms with Gasteiger partial charge in [-0.05, 0) is 49.7 Å². The second kappa shape index (κ2) is 9.95. The van der Waals surface area contributed by atoms with Crippen LogP contribution in [0.2, 0.25) is 0 Å². The van der Waals surface area contributed by atoms with Crippen LogP contribution in [-0.2, 0) is 4.79 Å². The molecule has 5 nitrogen and oxygen atoms in total. The highest BCUT2D eigenvalue weighted by atomic mass is 19.1. The Morgan fingerprint density at radius 3 is 2.45 bits per heavy atom. The van der Waals surface area contributed by atoms with Crippen LogP contribution in [0.3, 0.4) is 0 Å². The van der Waals surface area contributed by atoms with Gasteiger partial charge in [-0.3, -0.25) is 9.59 Å². The molecule has 160 valence electrons. The van der Waals surface area contributed by atoms with Gasteiger partial charge in [0.2, 0.25) is 5.91 Å². The van der Waals surface area contributed by atoms with E-state index in [1.54, 1.807) is 37.3 Å². The molecule has 0 aliphatic carbocycles. The van der Waals surface area contributed by atoms with E-state index in [9.17, 15) is 18.4 Å². The number of nitrogens with one attached hydrogen (secondary N) is 3. The standard InChI is InChI=1S/C24H23F2N3O2/c1-15-6-5-7-18(12-15)28-24(31)20-8-3-4-9-22(20)29-23(30)14-27-16(2)19-11-10-17(25)13-21(19)26/h3-13,16,27H,14H2,1-2H3,(H,28,31)(H,29,30)/t16-/m1/s1. The highest BCUT2D eigenvalue weighted by Gasteiger charge is 2.16. The number of halogens is 2. The van der Waals surface area contributed by atoms with Gasteiger partial charge in [-0.1, -0.05) is 30.3 Å². The van der Waals surface area contributed by atoms with Crippen LogP contribution < -0.4 is 16.0 Å². The van der Waals surface area contributed by atoms with E-state index < -0.39 is 23.6 Å². The van der Waals surface area contributed by atoms with Crippen molar-refractivity contribution in [1.82, 2.24) is 5.32 Å². The summed E-state index contributed by atoms with van der Waals surface area (Å²) in [5.74, 6) is -2.09. The fraction of sp³-hybridized carbons (Fsp3) is 0.167. The molecule has 0 unspecified atom stereocenters. The Morgan fingerprint density at radius 2 is 1.71 bits per heavy atom. The third kappa shape index (κ3) is 5.96. The first kappa shape index (κ1) is 22.1. The predicted octanol–water partition coefficient (Wildman–Crippen LogP) is 4.81. The maximum Gasteiger partial charge on any atom is 0.257 e. The molecule has 3 aromatic carbocycles. The molecule has 0 radical (unpaired) electrons. The fourth-order valence-corrected chi connectivity index (χ4v) is 3.11. The molecular weight excluding hydrogens is 400 g/mol. The van der Waals surface area contributed by atoms with Gasteiger partial charge < -0.3 is 16.0 Å². The number of rotatable bonds is 7. The first-order valence-electron chi connectivity index (χ1n) is 9.78. The van der Waals surface area contributed by atoms with Crippen LogP contribution >= 0.6 is 0 Å². The summed E-state index contributed by atoms with van der Waals surface area (Å²) < 4.78 is 27.0. The number of hydrogen-bond donors (Lipinski definition) is 3. The molecule has 2 amide bonds. The van der Waals surface area contributed by atoms with Crippen LogP contribution in [0.15, 0.2) is 66.7 Å². The summed E-state index contributed by atoms with van der Waals surface area (Å²) in [4.78, 5) is 25.1. The Morgan fingerprint density at radius 1 is 0.935 bits per heavy atom. The second-order valence-corrected chi connectivity index (χ2v) is 7.19.